The largest absolute Gasteiger partial charge is 0.493 e. The SMILES string of the molecule is O=C1CCCCCC1Cc1cc(Cl)cc2c1OCC2. The van der Waals surface area contributed by atoms with E-state index in [2.05, 4.69) is 0 Å². The zero-order chi connectivity index (χ0) is 13.2. The molecule has 0 radical (unpaired) electrons. The van der Waals surface area contributed by atoms with E-state index in [-0.39, 0.29) is 5.92 Å². The molecule has 0 bridgehead atoms. The molecular weight excluding hydrogens is 260 g/mol. The predicted octanol–water partition coefficient (Wildman–Crippen LogP) is 3.97. The highest BCUT2D eigenvalue weighted by Crippen LogP contribution is 2.35. The van der Waals surface area contributed by atoms with Crippen LogP contribution in [0, 0.1) is 5.92 Å². The van der Waals surface area contributed by atoms with Crippen LogP contribution in [0.2, 0.25) is 5.02 Å². The minimum Gasteiger partial charge on any atom is -0.493 e. The van der Waals surface area contributed by atoms with Crippen molar-refractivity contribution in [2.45, 2.75) is 44.9 Å². The smallest absolute Gasteiger partial charge is 0.136 e. The fourth-order valence-electron chi connectivity index (χ4n) is 3.21. The summed E-state index contributed by atoms with van der Waals surface area (Å²) in [5, 5.41) is 0.764. The van der Waals surface area contributed by atoms with Gasteiger partial charge in [-0.15, -0.1) is 0 Å². The Morgan fingerprint density at radius 1 is 1.21 bits per heavy atom. The molecule has 2 nitrogen and oxygen atoms in total. The van der Waals surface area contributed by atoms with Gasteiger partial charge in [-0.3, -0.25) is 4.79 Å². The second kappa shape index (κ2) is 5.54. The van der Waals surface area contributed by atoms with Crippen LogP contribution in [0.1, 0.15) is 43.2 Å². The Labute approximate surface area is 119 Å². The maximum Gasteiger partial charge on any atom is 0.136 e. The Morgan fingerprint density at radius 2 is 2.11 bits per heavy atom. The average molecular weight is 279 g/mol. The van der Waals surface area contributed by atoms with E-state index in [1.54, 1.807) is 0 Å². The van der Waals surface area contributed by atoms with Gasteiger partial charge in [-0.05, 0) is 42.5 Å². The van der Waals surface area contributed by atoms with Crippen molar-refractivity contribution in [2.24, 2.45) is 5.92 Å². The number of rotatable bonds is 2. The van der Waals surface area contributed by atoms with Gasteiger partial charge in [0.1, 0.15) is 11.5 Å². The van der Waals surface area contributed by atoms with Crippen LogP contribution < -0.4 is 4.74 Å². The molecule has 0 N–H and O–H groups in total. The van der Waals surface area contributed by atoms with Crippen LogP contribution in [0.25, 0.3) is 0 Å². The van der Waals surface area contributed by atoms with Crippen LogP contribution in [-0.4, -0.2) is 12.4 Å². The summed E-state index contributed by atoms with van der Waals surface area (Å²) in [5.74, 6) is 1.57. The van der Waals surface area contributed by atoms with E-state index in [9.17, 15) is 4.79 Å². The average Bonchev–Trinajstić information content (AvgIpc) is 2.75. The van der Waals surface area contributed by atoms with E-state index < -0.39 is 0 Å². The first-order chi connectivity index (χ1) is 9.24. The van der Waals surface area contributed by atoms with Gasteiger partial charge in [0, 0.05) is 23.8 Å². The van der Waals surface area contributed by atoms with Crippen LogP contribution in [0.15, 0.2) is 12.1 Å². The number of carbonyl (C=O) groups is 1. The van der Waals surface area contributed by atoms with Gasteiger partial charge in [0.2, 0.25) is 0 Å². The summed E-state index contributed by atoms with van der Waals surface area (Å²) < 4.78 is 5.72. The Kier molecular flexibility index (Phi) is 3.79. The van der Waals surface area contributed by atoms with E-state index in [4.69, 9.17) is 16.3 Å². The summed E-state index contributed by atoms with van der Waals surface area (Å²) in [6.45, 7) is 0.737. The van der Waals surface area contributed by atoms with Crippen molar-refractivity contribution in [2.75, 3.05) is 6.61 Å². The topological polar surface area (TPSA) is 26.3 Å². The molecule has 1 saturated carbocycles. The normalized spacial score (nSPS) is 22.8. The van der Waals surface area contributed by atoms with Gasteiger partial charge in [0.05, 0.1) is 6.61 Å². The molecule has 19 heavy (non-hydrogen) atoms. The Balaban J connectivity index is 1.84. The number of fused-ring (bicyclic) bond motifs is 1. The van der Waals surface area contributed by atoms with Crippen molar-refractivity contribution in [3.63, 3.8) is 0 Å². The second-order valence-corrected chi connectivity index (χ2v) is 6.05. The van der Waals surface area contributed by atoms with Gasteiger partial charge in [0.25, 0.3) is 0 Å². The first kappa shape index (κ1) is 13.0. The van der Waals surface area contributed by atoms with Crippen molar-refractivity contribution in [3.8, 4) is 5.75 Å². The summed E-state index contributed by atoms with van der Waals surface area (Å²) >= 11 is 6.17. The van der Waals surface area contributed by atoms with E-state index in [0.717, 1.165) is 55.0 Å². The fourth-order valence-corrected chi connectivity index (χ4v) is 3.47. The lowest BCUT2D eigenvalue weighted by molar-refractivity contribution is -0.122. The Bertz CT molecular complexity index is 496. The van der Waals surface area contributed by atoms with Gasteiger partial charge in [-0.25, -0.2) is 0 Å². The number of hydrogen-bond donors (Lipinski definition) is 0. The maximum atomic E-state index is 12.1. The third kappa shape index (κ3) is 2.79. The standard InChI is InChI=1S/C16H19ClO2/c17-14-9-12-6-7-19-16(12)13(10-14)8-11-4-2-1-3-5-15(11)18/h9-11H,1-8H2. The minimum atomic E-state index is 0.161. The first-order valence-corrected chi connectivity index (χ1v) is 7.58. The number of ketones is 1. The first-order valence-electron chi connectivity index (χ1n) is 7.21. The van der Waals surface area contributed by atoms with Gasteiger partial charge in [-0.2, -0.15) is 0 Å². The molecule has 102 valence electrons. The van der Waals surface area contributed by atoms with Gasteiger partial charge >= 0.3 is 0 Å². The van der Waals surface area contributed by atoms with Crippen molar-refractivity contribution >= 4 is 17.4 Å². The van der Waals surface area contributed by atoms with Gasteiger partial charge < -0.3 is 4.74 Å². The number of carbonyl (C=O) groups excluding carboxylic acids is 1. The molecule has 1 aliphatic carbocycles. The number of Topliss-reactive ketones (excluding diaryl/α,β-unsaturated/α-hetero) is 1. The van der Waals surface area contributed by atoms with Crippen molar-refractivity contribution < 1.29 is 9.53 Å². The Morgan fingerprint density at radius 3 is 3.00 bits per heavy atom. The summed E-state index contributed by atoms with van der Waals surface area (Å²) in [6, 6.07) is 3.96. The molecule has 1 fully saturated rings. The van der Waals surface area contributed by atoms with Crippen LogP contribution in [0.4, 0.5) is 0 Å². The third-order valence-electron chi connectivity index (χ3n) is 4.22. The molecule has 2 aliphatic rings. The number of ether oxygens (including phenoxy) is 1. The quantitative estimate of drug-likeness (QED) is 0.765. The molecular formula is C16H19ClO2. The zero-order valence-electron chi connectivity index (χ0n) is 11.1. The highest BCUT2D eigenvalue weighted by Gasteiger charge is 2.25. The van der Waals surface area contributed by atoms with Crippen molar-refractivity contribution in [3.05, 3.63) is 28.3 Å². The van der Waals surface area contributed by atoms with Crippen molar-refractivity contribution in [1.29, 1.82) is 0 Å². The summed E-state index contributed by atoms with van der Waals surface area (Å²) in [6.07, 6.45) is 6.89. The van der Waals surface area contributed by atoms with Crippen molar-refractivity contribution in [1.82, 2.24) is 0 Å². The van der Waals surface area contributed by atoms with Crippen LogP contribution >= 0.6 is 11.6 Å². The highest BCUT2D eigenvalue weighted by molar-refractivity contribution is 6.30. The lowest BCUT2D eigenvalue weighted by Gasteiger charge is -2.15. The molecule has 1 atom stereocenters. The fraction of sp³-hybridized carbons (Fsp3) is 0.562. The van der Waals surface area contributed by atoms with Crippen LogP contribution in [0.5, 0.6) is 5.75 Å². The molecule has 0 amide bonds. The number of hydrogen-bond acceptors (Lipinski definition) is 2. The molecule has 0 aromatic heterocycles. The van der Waals surface area contributed by atoms with Crippen LogP contribution in [-0.2, 0) is 17.6 Å². The minimum absolute atomic E-state index is 0.161. The molecule has 0 spiro atoms. The third-order valence-corrected chi connectivity index (χ3v) is 4.44. The Hall–Kier alpha value is -1.02. The lowest BCUT2D eigenvalue weighted by atomic mass is 9.90. The molecule has 3 rings (SSSR count). The number of benzene rings is 1. The zero-order valence-corrected chi connectivity index (χ0v) is 11.8. The van der Waals surface area contributed by atoms with Gasteiger partial charge in [-0.1, -0.05) is 24.4 Å². The van der Waals surface area contributed by atoms with Crippen LogP contribution in [0.3, 0.4) is 0 Å². The highest BCUT2D eigenvalue weighted by atomic mass is 35.5. The molecule has 1 heterocycles. The summed E-state index contributed by atoms with van der Waals surface area (Å²) in [4.78, 5) is 12.1. The monoisotopic (exact) mass is 278 g/mol. The van der Waals surface area contributed by atoms with E-state index in [0.29, 0.717) is 5.78 Å². The molecule has 1 aromatic rings. The molecule has 1 aliphatic heterocycles. The second-order valence-electron chi connectivity index (χ2n) is 5.62. The maximum absolute atomic E-state index is 12.1. The molecule has 3 heteroatoms. The van der Waals surface area contributed by atoms with E-state index in [1.807, 2.05) is 12.1 Å². The lowest BCUT2D eigenvalue weighted by Crippen LogP contribution is -2.15. The van der Waals surface area contributed by atoms with E-state index in [1.165, 1.54) is 18.4 Å². The predicted molar refractivity (Wildman–Crippen MR) is 75.9 cm³/mol. The molecule has 0 saturated heterocycles. The summed E-state index contributed by atoms with van der Waals surface area (Å²) in [7, 11) is 0. The van der Waals surface area contributed by atoms with E-state index >= 15 is 0 Å². The molecule has 1 aromatic carbocycles. The van der Waals surface area contributed by atoms with Gasteiger partial charge in [0.15, 0.2) is 0 Å². The summed E-state index contributed by atoms with van der Waals surface area (Å²) in [5.41, 5.74) is 2.32. The number of halogens is 1. The molecule has 1 unspecified atom stereocenters.